The molecule has 6 heterocycles. The van der Waals surface area contributed by atoms with Crippen molar-refractivity contribution in [3.05, 3.63) is 120 Å². The monoisotopic (exact) mass is 1290 g/mol. The Morgan fingerprint density at radius 1 is 0.539 bits per heavy atom. The van der Waals surface area contributed by atoms with Gasteiger partial charge in [-0.3, -0.25) is 34.1 Å². The highest BCUT2D eigenvalue weighted by Gasteiger charge is 2.32. The van der Waals surface area contributed by atoms with Crippen LogP contribution in [-0.2, 0) is 28.5 Å². The molecule has 9 atom stereocenters. The number of fused-ring (bicyclic) bond motifs is 3. The number of anilines is 3. The second kappa shape index (κ2) is 34.5. The normalized spacial score (nSPS) is 20.3. The lowest BCUT2D eigenvalue weighted by Gasteiger charge is -2.38. The quantitative estimate of drug-likeness (QED) is 0.0434. The van der Waals surface area contributed by atoms with Crippen LogP contribution in [0.15, 0.2) is 103 Å². The van der Waals surface area contributed by atoms with Gasteiger partial charge in [0.05, 0.1) is 114 Å². The summed E-state index contributed by atoms with van der Waals surface area (Å²) in [4.78, 5) is 32.9. The van der Waals surface area contributed by atoms with Crippen LogP contribution in [-0.4, -0.2) is 218 Å². The van der Waals surface area contributed by atoms with Crippen molar-refractivity contribution in [2.24, 2.45) is 0 Å². The number of thioether (sulfide) groups is 2. The molecule has 28 heteroatoms. The van der Waals surface area contributed by atoms with Gasteiger partial charge >= 0.3 is 0 Å². The Hall–Kier alpha value is -6.63. The Bertz CT molecular complexity index is 3520. The predicted molar refractivity (Wildman–Crippen MR) is 345 cm³/mol. The van der Waals surface area contributed by atoms with E-state index in [4.69, 9.17) is 38.8 Å². The van der Waals surface area contributed by atoms with Crippen molar-refractivity contribution in [2.75, 3.05) is 109 Å². The Kier molecular flexibility index (Phi) is 27.1. The van der Waals surface area contributed by atoms with E-state index < -0.39 is 34.5 Å². The SMILES string of the molecule is C[C@@H]1CN(c2ccc(C#N)c3nccnc23)C[C@H](CSCC(O)CO)O1.C[C@@H]1CN(c2ccc(C#N)c3nccnc23)C[C@H](CSCC(O)CO)O1.Cc1ccc(S(=O)(=O)OC[C@H]2CN(c3ccc(C#N)c4nccnc34)C[C@@H](C)O2)cc1.OCC(O)CS. The lowest BCUT2D eigenvalue weighted by atomic mass is 10.1. The fourth-order valence-corrected chi connectivity index (χ4v) is 12.9. The van der Waals surface area contributed by atoms with Crippen LogP contribution in [0.5, 0.6) is 0 Å². The molecule has 0 saturated carbocycles. The second-order valence-electron chi connectivity index (χ2n) is 21.2. The van der Waals surface area contributed by atoms with Crippen molar-refractivity contribution in [1.29, 1.82) is 15.8 Å². The zero-order valence-electron chi connectivity index (χ0n) is 49.7. The van der Waals surface area contributed by atoms with E-state index in [1.165, 1.54) is 12.1 Å². The van der Waals surface area contributed by atoms with Crippen LogP contribution < -0.4 is 14.7 Å². The zero-order valence-corrected chi connectivity index (χ0v) is 53.1. The number of aliphatic hydroxyl groups excluding tert-OH is 6. The number of aryl methyl sites for hydroxylation is 1. The summed E-state index contributed by atoms with van der Waals surface area (Å²) in [5.74, 6) is 2.76. The van der Waals surface area contributed by atoms with E-state index in [9.17, 15) is 34.4 Å². The largest absolute Gasteiger partial charge is 0.394 e. The summed E-state index contributed by atoms with van der Waals surface area (Å²) in [6.07, 6.45) is 7.11. The number of thiol groups is 1. The smallest absolute Gasteiger partial charge is 0.297 e. The van der Waals surface area contributed by atoms with Gasteiger partial charge in [-0.1, -0.05) is 17.7 Å². The Balaban J connectivity index is 0.000000182. The standard InChI is InChI=1S/C22H22N4O4S.2C18H22N4O3S.C3H8O2S/c1-15-3-6-19(7-4-15)31(27,28)29-14-18-13-26(12-16(2)30-18)20-8-5-17(11-23)21-22(20)25-10-9-24-21;2*1-12-7-22(8-15(25-12)11-26-10-14(24)9-23)16-3-2-13(6-19)17-18(16)21-5-4-20-17;4-1-3(5)2-6/h3-10,16,18H,12-14H2,1-2H3;2*2-5,12,14-15,23-24H,7-11H2,1H3;3-6H,1-2H2/t16-,18-;2*12-,14?,15-;/m111./s1. The van der Waals surface area contributed by atoms with Crippen LogP contribution in [0.3, 0.4) is 0 Å². The van der Waals surface area contributed by atoms with Crippen molar-refractivity contribution in [1.82, 2.24) is 29.9 Å². The topological polar surface area (TPSA) is 351 Å². The van der Waals surface area contributed by atoms with E-state index in [1.54, 1.807) is 91.0 Å². The van der Waals surface area contributed by atoms with Crippen molar-refractivity contribution in [2.45, 2.75) is 87.5 Å². The number of hydrogen-bond donors (Lipinski definition) is 7. The molecule has 3 aromatic heterocycles. The third-order valence-electron chi connectivity index (χ3n) is 14.0. The van der Waals surface area contributed by atoms with Gasteiger partial charge in [0.2, 0.25) is 0 Å². The number of nitriles is 3. The van der Waals surface area contributed by atoms with Crippen LogP contribution in [0.25, 0.3) is 33.1 Å². The van der Waals surface area contributed by atoms with Gasteiger partial charge in [0.15, 0.2) is 0 Å². The van der Waals surface area contributed by atoms with Crippen molar-refractivity contribution < 1.29 is 57.5 Å². The molecule has 474 valence electrons. The molecule has 0 spiro atoms. The van der Waals surface area contributed by atoms with Gasteiger partial charge in [0.1, 0.15) is 57.4 Å². The summed E-state index contributed by atoms with van der Waals surface area (Å²) in [7, 11) is -3.88. The molecule has 24 nitrogen and oxygen atoms in total. The average Bonchev–Trinajstić information content (AvgIpc) is 1.03. The number of rotatable bonds is 19. The summed E-state index contributed by atoms with van der Waals surface area (Å²) in [6.45, 7) is 11.0. The highest BCUT2D eigenvalue weighted by Crippen LogP contribution is 2.33. The van der Waals surface area contributed by atoms with Gasteiger partial charge in [0.25, 0.3) is 10.1 Å². The first kappa shape index (κ1) is 69.8. The van der Waals surface area contributed by atoms with E-state index in [0.29, 0.717) is 82.2 Å². The molecular weight excluding hydrogens is 1220 g/mol. The van der Waals surface area contributed by atoms with Crippen LogP contribution in [0.4, 0.5) is 17.1 Å². The van der Waals surface area contributed by atoms with Crippen molar-refractivity contribution in [3.8, 4) is 18.2 Å². The molecule has 3 aliphatic rings. The molecular formula is C61H74N12O12S4. The van der Waals surface area contributed by atoms with Gasteiger partial charge in [-0.2, -0.15) is 60.4 Å². The first-order valence-corrected chi connectivity index (χ1v) is 33.0. The minimum Gasteiger partial charge on any atom is -0.394 e. The summed E-state index contributed by atoms with van der Waals surface area (Å²) in [5, 5.41) is 81.1. The van der Waals surface area contributed by atoms with Gasteiger partial charge < -0.3 is 59.5 Å². The number of aliphatic hydroxyl groups is 6. The molecule has 0 aliphatic carbocycles. The first-order valence-electron chi connectivity index (χ1n) is 28.6. The number of hydrogen-bond acceptors (Lipinski definition) is 27. The van der Waals surface area contributed by atoms with Gasteiger partial charge in [0, 0.05) is 105 Å². The molecule has 0 radical (unpaired) electrons. The van der Waals surface area contributed by atoms with Crippen LogP contribution >= 0.6 is 36.2 Å². The van der Waals surface area contributed by atoms with E-state index in [0.717, 1.165) is 58.3 Å². The fraction of sp³-hybridized carbons (Fsp3) is 0.459. The minimum absolute atomic E-state index is 0.0111. The molecule has 3 aliphatic heterocycles. The third kappa shape index (κ3) is 19.7. The average molecular weight is 1300 g/mol. The lowest BCUT2D eigenvalue weighted by Crippen LogP contribution is -2.48. The van der Waals surface area contributed by atoms with Crippen LogP contribution in [0.1, 0.15) is 43.0 Å². The number of benzene rings is 4. The Morgan fingerprint density at radius 2 is 0.876 bits per heavy atom. The zero-order chi connectivity index (χ0) is 64.0. The lowest BCUT2D eigenvalue weighted by molar-refractivity contribution is -0.0359. The van der Waals surface area contributed by atoms with E-state index in [2.05, 4.69) is 75.4 Å². The first-order chi connectivity index (χ1) is 42.9. The van der Waals surface area contributed by atoms with Crippen molar-refractivity contribution >= 4 is 96.4 Å². The number of morpholine rings is 3. The molecule has 3 saturated heterocycles. The molecule has 89 heavy (non-hydrogen) atoms. The molecule has 10 rings (SSSR count). The predicted octanol–water partition coefficient (Wildman–Crippen LogP) is 4.44. The summed E-state index contributed by atoms with van der Waals surface area (Å²) >= 11 is 6.82. The molecule has 3 unspecified atom stereocenters. The van der Waals surface area contributed by atoms with Gasteiger partial charge in [-0.05, 0) is 76.2 Å². The van der Waals surface area contributed by atoms with E-state index >= 15 is 0 Å². The van der Waals surface area contributed by atoms with Crippen LogP contribution in [0.2, 0.25) is 0 Å². The maximum atomic E-state index is 12.5. The molecule has 6 N–H and O–H groups in total. The second-order valence-corrected chi connectivity index (χ2v) is 25.4. The number of ether oxygens (including phenoxy) is 3. The Morgan fingerprint density at radius 3 is 1.20 bits per heavy atom. The molecule has 3 fully saturated rings. The molecule has 4 aromatic carbocycles. The van der Waals surface area contributed by atoms with Gasteiger partial charge in [-0.25, -0.2) is 0 Å². The molecule has 0 bridgehead atoms. The number of nitrogens with zero attached hydrogens (tertiary/aromatic N) is 12. The highest BCUT2D eigenvalue weighted by atomic mass is 32.2. The fourth-order valence-electron chi connectivity index (χ4n) is 9.94. The number of aromatic nitrogens is 6. The van der Waals surface area contributed by atoms with E-state index in [-0.39, 0.29) is 61.8 Å². The summed E-state index contributed by atoms with van der Waals surface area (Å²) in [5.41, 5.74) is 9.03. The van der Waals surface area contributed by atoms with Gasteiger partial charge in [-0.15, -0.1) is 0 Å². The minimum atomic E-state index is -3.88. The molecule has 7 aromatic rings. The molecule has 0 amide bonds. The maximum absolute atomic E-state index is 12.5. The summed E-state index contributed by atoms with van der Waals surface area (Å²) in [6, 6.07) is 24.0. The maximum Gasteiger partial charge on any atom is 0.297 e. The summed E-state index contributed by atoms with van der Waals surface area (Å²) < 4.78 is 48.3. The highest BCUT2D eigenvalue weighted by molar-refractivity contribution is 7.99. The third-order valence-corrected chi connectivity index (χ3v) is 18.1. The van der Waals surface area contributed by atoms with E-state index in [1.807, 2.05) is 45.9 Å². The van der Waals surface area contributed by atoms with Crippen LogP contribution in [0, 0.1) is 40.9 Å². The van der Waals surface area contributed by atoms with Crippen molar-refractivity contribution in [3.63, 3.8) is 0 Å². The Labute approximate surface area is 531 Å².